The lowest BCUT2D eigenvalue weighted by Crippen LogP contribution is -2.20. The molecule has 1 N–H and O–H groups in total. The lowest BCUT2D eigenvalue weighted by atomic mass is 9.85. The lowest BCUT2D eigenvalue weighted by molar-refractivity contribution is -0.116. The molecule has 184 valence electrons. The van der Waals surface area contributed by atoms with E-state index in [4.69, 9.17) is 14.2 Å². The number of methoxy groups -OCH3 is 1. The van der Waals surface area contributed by atoms with Gasteiger partial charge in [0.15, 0.2) is 0 Å². The van der Waals surface area contributed by atoms with E-state index in [-0.39, 0.29) is 18.2 Å². The number of carbonyl (C=O) groups excluding carboxylic acids is 1. The third-order valence-corrected chi connectivity index (χ3v) is 6.32. The number of hydrogen-bond acceptors (Lipinski definition) is 5. The van der Waals surface area contributed by atoms with Crippen LogP contribution in [-0.2, 0) is 22.7 Å². The van der Waals surface area contributed by atoms with Gasteiger partial charge in [0, 0.05) is 54.6 Å². The van der Waals surface area contributed by atoms with Crippen LogP contribution in [0.3, 0.4) is 0 Å². The topological polar surface area (TPSA) is 74.6 Å². The van der Waals surface area contributed by atoms with E-state index in [0.29, 0.717) is 24.7 Å². The van der Waals surface area contributed by atoms with Crippen LogP contribution in [0.15, 0.2) is 85.5 Å². The number of imidazole rings is 1. The number of aromatic nitrogens is 2. The second-order valence-electron chi connectivity index (χ2n) is 8.68. The fourth-order valence-electron chi connectivity index (χ4n) is 4.56. The molecule has 0 spiro atoms. The fraction of sp³-hybridized carbons (Fsp3) is 0.241. The van der Waals surface area contributed by atoms with Gasteiger partial charge in [-0.15, -0.1) is 0 Å². The number of para-hydroxylation sites is 3. The van der Waals surface area contributed by atoms with Gasteiger partial charge < -0.3 is 24.1 Å². The van der Waals surface area contributed by atoms with E-state index >= 15 is 0 Å². The molecule has 5 rings (SSSR count). The summed E-state index contributed by atoms with van der Waals surface area (Å²) in [4.78, 5) is 17.4. The number of fused-ring (bicyclic) bond motifs is 2. The zero-order valence-corrected chi connectivity index (χ0v) is 20.2. The minimum Gasteiger partial charge on any atom is -0.495 e. The standard InChI is InChI=1S/C29H29N3O4/c1-34-27-13-6-8-21(19-35-17-7-15-32-16-14-30-20-32)29(27)31-28(33)18-24-22-9-2-4-11-25(22)36-26-12-5-3-10-23(24)26/h2-6,8-14,16,20,24H,7,15,17-19H2,1H3,(H,31,33). The summed E-state index contributed by atoms with van der Waals surface area (Å²) in [6.45, 7) is 1.81. The van der Waals surface area contributed by atoms with Crippen molar-refractivity contribution >= 4 is 11.6 Å². The predicted molar refractivity (Wildman–Crippen MR) is 138 cm³/mol. The summed E-state index contributed by atoms with van der Waals surface area (Å²) in [5, 5.41) is 3.11. The molecule has 1 aliphatic rings. The molecule has 7 nitrogen and oxygen atoms in total. The molecule has 7 heteroatoms. The molecule has 1 aromatic heterocycles. The van der Waals surface area contributed by atoms with Gasteiger partial charge in [-0.2, -0.15) is 0 Å². The Kier molecular flexibility index (Phi) is 7.28. The molecule has 0 aliphatic carbocycles. The maximum atomic E-state index is 13.4. The highest BCUT2D eigenvalue weighted by atomic mass is 16.5. The molecular weight excluding hydrogens is 454 g/mol. The first-order chi connectivity index (χ1) is 17.7. The fourth-order valence-corrected chi connectivity index (χ4v) is 4.56. The molecule has 1 aliphatic heterocycles. The number of benzene rings is 3. The molecule has 0 bridgehead atoms. The number of anilines is 1. The second-order valence-corrected chi connectivity index (χ2v) is 8.68. The molecule has 0 radical (unpaired) electrons. The summed E-state index contributed by atoms with van der Waals surface area (Å²) >= 11 is 0. The average molecular weight is 484 g/mol. The largest absolute Gasteiger partial charge is 0.495 e. The first kappa shape index (κ1) is 23.6. The van der Waals surface area contributed by atoms with Gasteiger partial charge in [-0.3, -0.25) is 4.79 Å². The number of rotatable bonds is 10. The third kappa shape index (κ3) is 5.26. The highest BCUT2D eigenvalue weighted by Crippen LogP contribution is 2.45. The summed E-state index contributed by atoms with van der Waals surface area (Å²) in [6, 6.07) is 21.5. The Balaban J connectivity index is 1.28. The van der Waals surface area contributed by atoms with Crippen LogP contribution >= 0.6 is 0 Å². The zero-order chi connectivity index (χ0) is 24.7. The van der Waals surface area contributed by atoms with Gasteiger partial charge in [-0.1, -0.05) is 48.5 Å². The number of nitrogens with one attached hydrogen (secondary N) is 1. The molecule has 3 aromatic carbocycles. The Morgan fingerprint density at radius 3 is 2.47 bits per heavy atom. The Morgan fingerprint density at radius 2 is 1.78 bits per heavy atom. The molecule has 0 saturated heterocycles. The first-order valence-electron chi connectivity index (χ1n) is 12.1. The number of ether oxygens (including phenoxy) is 3. The van der Waals surface area contributed by atoms with Crippen molar-refractivity contribution in [3.8, 4) is 17.2 Å². The van der Waals surface area contributed by atoms with E-state index in [1.54, 1.807) is 19.6 Å². The van der Waals surface area contributed by atoms with Crippen molar-refractivity contribution in [2.45, 2.75) is 31.9 Å². The van der Waals surface area contributed by atoms with E-state index in [0.717, 1.165) is 41.2 Å². The van der Waals surface area contributed by atoms with Gasteiger partial charge in [0.2, 0.25) is 5.91 Å². The van der Waals surface area contributed by atoms with Gasteiger partial charge in [0.1, 0.15) is 17.2 Å². The van der Waals surface area contributed by atoms with Crippen molar-refractivity contribution in [2.24, 2.45) is 0 Å². The van der Waals surface area contributed by atoms with Gasteiger partial charge in [-0.05, 0) is 24.6 Å². The van der Waals surface area contributed by atoms with Crippen molar-refractivity contribution in [3.63, 3.8) is 0 Å². The monoisotopic (exact) mass is 483 g/mol. The summed E-state index contributed by atoms with van der Waals surface area (Å²) in [5.74, 6) is 1.98. The van der Waals surface area contributed by atoms with Gasteiger partial charge in [0.25, 0.3) is 0 Å². The number of hydrogen-bond donors (Lipinski definition) is 1. The van der Waals surface area contributed by atoms with Gasteiger partial charge in [-0.25, -0.2) is 4.98 Å². The third-order valence-electron chi connectivity index (χ3n) is 6.32. The van der Waals surface area contributed by atoms with Crippen molar-refractivity contribution in [1.82, 2.24) is 9.55 Å². The normalized spacial score (nSPS) is 12.4. The van der Waals surface area contributed by atoms with Crippen LogP contribution in [0, 0.1) is 0 Å². The van der Waals surface area contributed by atoms with Crippen LogP contribution in [0.1, 0.15) is 35.4 Å². The molecule has 2 heterocycles. The summed E-state index contributed by atoms with van der Waals surface area (Å²) in [5.41, 5.74) is 3.53. The first-order valence-corrected chi connectivity index (χ1v) is 12.1. The number of carbonyl (C=O) groups is 1. The molecule has 0 fully saturated rings. The predicted octanol–water partition coefficient (Wildman–Crippen LogP) is 5.77. The Hall–Kier alpha value is -4.10. The summed E-state index contributed by atoms with van der Waals surface area (Å²) in [6.07, 6.45) is 6.64. The highest BCUT2D eigenvalue weighted by molar-refractivity contribution is 5.94. The van der Waals surface area contributed by atoms with Crippen molar-refractivity contribution in [2.75, 3.05) is 19.0 Å². The minimum atomic E-state index is -0.108. The zero-order valence-electron chi connectivity index (χ0n) is 20.2. The lowest BCUT2D eigenvalue weighted by Gasteiger charge is -2.28. The quantitative estimate of drug-likeness (QED) is 0.290. The molecule has 0 atom stereocenters. The molecule has 0 unspecified atom stereocenters. The SMILES string of the molecule is COc1cccc(COCCCn2ccnc2)c1NC(=O)CC1c2ccccc2Oc2ccccc21. The maximum absolute atomic E-state index is 13.4. The Morgan fingerprint density at radius 1 is 1.03 bits per heavy atom. The van der Waals surface area contributed by atoms with Crippen LogP contribution in [0.2, 0.25) is 0 Å². The van der Waals surface area contributed by atoms with Crippen molar-refractivity contribution in [3.05, 3.63) is 102 Å². The second kappa shape index (κ2) is 11.1. The molecule has 36 heavy (non-hydrogen) atoms. The minimum absolute atomic E-state index is 0.0997. The molecule has 1 amide bonds. The van der Waals surface area contributed by atoms with E-state index in [9.17, 15) is 4.79 Å². The van der Waals surface area contributed by atoms with E-state index in [1.807, 2.05) is 77.5 Å². The van der Waals surface area contributed by atoms with E-state index in [1.165, 1.54) is 0 Å². The van der Waals surface area contributed by atoms with Crippen LogP contribution in [-0.4, -0.2) is 29.2 Å². The maximum Gasteiger partial charge on any atom is 0.225 e. The molecule has 0 saturated carbocycles. The van der Waals surface area contributed by atoms with Gasteiger partial charge >= 0.3 is 0 Å². The number of aryl methyl sites for hydroxylation is 1. The summed E-state index contributed by atoms with van der Waals surface area (Å²) in [7, 11) is 1.60. The van der Waals surface area contributed by atoms with Gasteiger partial charge in [0.05, 0.1) is 25.7 Å². The molecular formula is C29H29N3O4. The summed E-state index contributed by atoms with van der Waals surface area (Å²) < 4.78 is 19.6. The van der Waals surface area contributed by atoms with Crippen LogP contribution in [0.25, 0.3) is 0 Å². The van der Waals surface area contributed by atoms with E-state index < -0.39 is 0 Å². The van der Waals surface area contributed by atoms with E-state index in [2.05, 4.69) is 10.3 Å². The van der Waals surface area contributed by atoms with Crippen LogP contribution in [0.5, 0.6) is 17.2 Å². The van der Waals surface area contributed by atoms with Crippen LogP contribution < -0.4 is 14.8 Å². The molecule has 4 aromatic rings. The smallest absolute Gasteiger partial charge is 0.225 e. The van der Waals surface area contributed by atoms with Crippen LogP contribution in [0.4, 0.5) is 5.69 Å². The van der Waals surface area contributed by atoms with Crippen molar-refractivity contribution in [1.29, 1.82) is 0 Å². The van der Waals surface area contributed by atoms with Crippen molar-refractivity contribution < 1.29 is 19.0 Å². The average Bonchev–Trinajstić information content (AvgIpc) is 3.42. The number of nitrogens with zero attached hydrogens (tertiary/aromatic N) is 2. The number of amides is 1. The highest BCUT2D eigenvalue weighted by Gasteiger charge is 2.29. The Labute approximate surface area is 210 Å². The Bertz CT molecular complexity index is 1270.